The molecule has 0 saturated carbocycles. The fraction of sp³-hybridized carbons (Fsp3) is 0.625. The Labute approximate surface area is 73.0 Å². The molecule has 0 aliphatic heterocycles. The van der Waals surface area contributed by atoms with Crippen LogP contribution in [0.25, 0.3) is 0 Å². The van der Waals surface area contributed by atoms with Crippen LogP contribution in [0.4, 0.5) is 0 Å². The van der Waals surface area contributed by atoms with Gasteiger partial charge in [0.15, 0.2) is 0 Å². The zero-order chi connectivity index (χ0) is 8.85. The molecule has 0 aromatic rings. The Morgan fingerprint density at radius 2 is 2.27 bits per heavy atom. The molecule has 0 N–H and O–H groups in total. The SMILES string of the molecule is C=C(C)C(=O)OCCC(C)S. The Balaban J connectivity index is 3.40. The van der Waals surface area contributed by atoms with Gasteiger partial charge in [-0.15, -0.1) is 0 Å². The summed E-state index contributed by atoms with van der Waals surface area (Å²) in [6.45, 7) is 7.47. The van der Waals surface area contributed by atoms with Gasteiger partial charge < -0.3 is 4.74 Å². The van der Waals surface area contributed by atoms with Crippen LogP contribution in [-0.4, -0.2) is 17.8 Å². The van der Waals surface area contributed by atoms with Crippen LogP contribution in [0.15, 0.2) is 12.2 Å². The van der Waals surface area contributed by atoms with Crippen LogP contribution in [0.1, 0.15) is 20.3 Å². The van der Waals surface area contributed by atoms with Gasteiger partial charge in [0.1, 0.15) is 0 Å². The van der Waals surface area contributed by atoms with E-state index in [0.29, 0.717) is 12.2 Å². The van der Waals surface area contributed by atoms with E-state index in [4.69, 9.17) is 4.74 Å². The van der Waals surface area contributed by atoms with E-state index in [2.05, 4.69) is 19.2 Å². The van der Waals surface area contributed by atoms with Crippen molar-refractivity contribution >= 4 is 18.6 Å². The Morgan fingerprint density at radius 1 is 1.73 bits per heavy atom. The summed E-state index contributed by atoms with van der Waals surface area (Å²) >= 11 is 4.14. The maximum atomic E-state index is 10.8. The van der Waals surface area contributed by atoms with E-state index in [1.54, 1.807) is 6.92 Å². The summed E-state index contributed by atoms with van der Waals surface area (Å²) in [5.41, 5.74) is 0.441. The van der Waals surface area contributed by atoms with Crippen LogP contribution in [0.5, 0.6) is 0 Å². The number of hydrogen-bond acceptors (Lipinski definition) is 3. The largest absolute Gasteiger partial charge is 0.462 e. The maximum absolute atomic E-state index is 10.8. The van der Waals surface area contributed by atoms with Crippen molar-refractivity contribution in [1.29, 1.82) is 0 Å². The molecule has 2 nitrogen and oxygen atoms in total. The van der Waals surface area contributed by atoms with Gasteiger partial charge in [0.25, 0.3) is 0 Å². The molecular weight excluding hydrogens is 160 g/mol. The quantitative estimate of drug-likeness (QED) is 0.400. The maximum Gasteiger partial charge on any atom is 0.333 e. The minimum Gasteiger partial charge on any atom is -0.462 e. The number of hydrogen-bond donors (Lipinski definition) is 1. The molecule has 0 aliphatic rings. The Morgan fingerprint density at radius 3 is 2.64 bits per heavy atom. The van der Waals surface area contributed by atoms with Crippen LogP contribution in [-0.2, 0) is 9.53 Å². The first-order valence-electron chi connectivity index (χ1n) is 3.54. The average molecular weight is 174 g/mol. The number of thiol groups is 1. The summed E-state index contributed by atoms with van der Waals surface area (Å²) in [4.78, 5) is 10.8. The van der Waals surface area contributed by atoms with Crippen LogP contribution in [0.3, 0.4) is 0 Å². The highest BCUT2D eigenvalue weighted by Crippen LogP contribution is 2.00. The second kappa shape index (κ2) is 5.24. The lowest BCUT2D eigenvalue weighted by Crippen LogP contribution is -2.08. The molecule has 0 rings (SSSR count). The van der Waals surface area contributed by atoms with Crippen molar-refractivity contribution in [2.24, 2.45) is 0 Å². The molecule has 0 radical (unpaired) electrons. The molecule has 0 saturated heterocycles. The number of carbonyl (C=O) groups excluding carboxylic acids is 1. The molecule has 0 amide bonds. The lowest BCUT2D eigenvalue weighted by molar-refractivity contribution is -0.138. The van der Waals surface area contributed by atoms with Gasteiger partial charge in [-0.3, -0.25) is 0 Å². The first kappa shape index (κ1) is 10.6. The predicted molar refractivity (Wildman–Crippen MR) is 48.8 cm³/mol. The predicted octanol–water partition coefficient (Wildman–Crippen LogP) is 1.81. The third-order valence-corrected chi connectivity index (χ3v) is 1.38. The zero-order valence-electron chi connectivity index (χ0n) is 6.96. The fourth-order valence-corrected chi connectivity index (χ4v) is 0.551. The lowest BCUT2D eigenvalue weighted by atomic mass is 10.3. The van der Waals surface area contributed by atoms with Crippen molar-refractivity contribution in [2.75, 3.05) is 6.61 Å². The second-order valence-corrected chi connectivity index (χ2v) is 3.44. The highest BCUT2D eigenvalue weighted by Gasteiger charge is 2.02. The van der Waals surface area contributed by atoms with Crippen molar-refractivity contribution < 1.29 is 9.53 Å². The van der Waals surface area contributed by atoms with Gasteiger partial charge in [-0.2, -0.15) is 12.6 Å². The highest BCUT2D eigenvalue weighted by molar-refractivity contribution is 7.80. The molecule has 0 fully saturated rings. The van der Waals surface area contributed by atoms with Crippen molar-refractivity contribution in [3.63, 3.8) is 0 Å². The summed E-state index contributed by atoms with van der Waals surface area (Å²) < 4.78 is 4.83. The van der Waals surface area contributed by atoms with Crippen LogP contribution in [0.2, 0.25) is 0 Å². The lowest BCUT2D eigenvalue weighted by Gasteiger charge is -2.05. The van der Waals surface area contributed by atoms with Gasteiger partial charge in [0.2, 0.25) is 0 Å². The van der Waals surface area contributed by atoms with Gasteiger partial charge in [-0.25, -0.2) is 4.79 Å². The van der Waals surface area contributed by atoms with E-state index in [1.807, 2.05) is 6.92 Å². The Kier molecular flexibility index (Phi) is 5.03. The Hall–Kier alpha value is -0.440. The fourth-order valence-electron chi connectivity index (χ4n) is 0.445. The third-order valence-electron chi connectivity index (χ3n) is 1.12. The van der Waals surface area contributed by atoms with Crippen LogP contribution >= 0.6 is 12.6 Å². The molecule has 64 valence electrons. The molecular formula is C8H14O2S. The summed E-state index contributed by atoms with van der Waals surface area (Å²) in [6.07, 6.45) is 0.780. The number of rotatable bonds is 4. The highest BCUT2D eigenvalue weighted by atomic mass is 32.1. The van der Waals surface area contributed by atoms with Crippen LogP contribution < -0.4 is 0 Å². The first-order chi connectivity index (χ1) is 5.04. The summed E-state index contributed by atoms with van der Waals surface area (Å²) in [7, 11) is 0. The molecule has 0 heterocycles. The van der Waals surface area contributed by atoms with E-state index >= 15 is 0 Å². The smallest absolute Gasteiger partial charge is 0.333 e. The second-order valence-electron chi connectivity index (χ2n) is 2.55. The van der Waals surface area contributed by atoms with Crippen molar-refractivity contribution in [1.82, 2.24) is 0 Å². The molecule has 0 aliphatic carbocycles. The minimum atomic E-state index is -0.320. The molecule has 3 heteroatoms. The minimum absolute atomic E-state index is 0.271. The van der Waals surface area contributed by atoms with E-state index in [9.17, 15) is 4.79 Å². The van der Waals surface area contributed by atoms with Gasteiger partial charge in [-0.1, -0.05) is 13.5 Å². The molecule has 0 spiro atoms. The average Bonchev–Trinajstić information content (AvgIpc) is 1.86. The first-order valence-corrected chi connectivity index (χ1v) is 4.06. The molecule has 11 heavy (non-hydrogen) atoms. The summed E-state index contributed by atoms with van der Waals surface area (Å²) in [5.74, 6) is -0.320. The summed E-state index contributed by atoms with van der Waals surface area (Å²) in [6, 6.07) is 0. The van der Waals surface area contributed by atoms with Gasteiger partial charge in [0.05, 0.1) is 6.61 Å². The van der Waals surface area contributed by atoms with Gasteiger partial charge in [-0.05, 0) is 13.3 Å². The van der Waals surface area contributed by atoms with Crippen molar-refractivity contribution in [2.45, 2.75) is 25.5 Å². The van der Waals surface area contributed by atoms with Crippen LogP contribution in [0, 0.1) is 0 Å². The number of esters is 1. The molecule has 0 aromatic carbocycles. The van der Waals surface area contributed by atoms with Crippen molar-refractivity contribution in [3.05, 3.63) is 12.2 Å². The van der Waals surface area contributed by atoms with E-state index in [1.165, 1.54) is 0 Å². The van der Waals surface area contributed by atoms with Crippen molar-refractivity contribution in [3.8, 4) is 0 Å². The standard InChI is InChI=1S/C8H14O2S/c1-6(2)8(9)10-5-4-7(3)11/h7,11H,1,4-5H2,2-3H3. The third kappa shape index (κ3) is 5.98. The molecule has 0 bridgehead atoms. The van der Waals surface area contributed by atoms with Gasteiger partial charge in [0, 0.05) is 10.8 Å². The number of carbonyl (C=O) groups is 1. The zero-order valence-corrected chi connectivity index (χ0v) is 7.86. The van der Waals surface area contributed by atoms with E-state index in [-0.39, 0.29) is 11.2 Å². The topological polar surface area (TPSA) is 26.3 Å². The van der Waals surface area contributed by atoms with E-state index in [0.717, 1.165) is 6.42 Å². The molecule has 1 unspecified atom stereocenters. The van der Waals surface area contributed by atoms with E-state index < -0.39 is 0 Å². The monoisotopic (exact) mass is 174 g/mol. The molecule has 0 aromatic heterocycles. The summed E-state index contributed by atoms with van der Waals surface area (Å²) in [5, 5.41) is 0.271. The molecule has 1 atom stereocenters. The number of ether oxygens (including phenoxy) is 1. The van der Waals surface area contributed by atoms with Gasteiger partial charge >= 0.3 is 5.97 Å². The Bertz CT molecular complexity index is 152. The normalized spacial score (nSPS) is 12.3.